The van der Waals surface area contributed by atoms with Crippen molar-refractivity contribution in [2.75, 3.05) is 20.2 Å². The molecule has 1 aromatic rings. The smallest absolute Gasteiger partial charge is 0.164 e. The van der Waals surface area contributed by atoms with Crippen molar-refractivity contribution in [1.29, 1.82) is 0 Å². The van der Waals surface area contributed by atoms with Crippen LogP contribution in [0.2, 0.25) is 0 Å². The lowest BCUT2D eigenvalue weighted by molar-refractivity contribution is 0.0946. The van der Waals surface area contributed by atoms with E-state index in [0.29, 0.717) is 6.54 Å². The summed E-state index contributed by atoms with van der Waals surface area (Å²) in [5.74, 6) is -1.82. The molecule has 1 aromatic carbocycles. The topological polar surface area (TPSA) is 40.5 Å². The zero-order valence-corrected chi connectivity index (χ0v) is 10.5. The molecule has 0 radical (unpaired) electrons. The number of rotatable bonds is 6. The predicted octanol–water partition coefficient (Wildman–Crippen LogP) is 1.85. The number of benzene rings is 1. The van der Waals surface area contributed by atoms with Gasteiger partial charge in [0.25, 0.3) is 0 Å². The number of hydrogen-bond donors (Lipinski definition) is 1. The van der Waals surface area contributed by atoms with Crippen LogP contribution in [0.4, 0.5) is 8.78 Å². The molecule has 1 atom stereocenters. The summed E-state index contributed by atoms with van der Waals surface area (Å²) in [7, 11) is 1.78. The second kappa shape index (κ2) is 6.56. The SMILES string of the molecule is CC(CO)N(C)CCC(=O)c1cc(F)cc(F)c1. The Kier molecular flexibility index (Phi) is 5.37. The van der Waals surface area contributed by atoms with Gasteiger partial charge in [0.2, 0.25) is 0 Å². The van der Waals surface area contributed by atoms with Gasteiger partial charge in [-0.3, -0.25) is 4.79 Å². The molecule has 0 bridgehead atoms. The normalized spacial score (nSPS) is 12.8. The Labute approximate surface area is 105 Å². The molecule has 100 valence electrons. The van der Waals surface area contributed by atoms with Gasteiger partial charge in [0.1, 0.15) is 11.6 Å². The Morgan fingerprint density at radius 3 is 2.39 bits per heavy atom. The van der Waals surface area contributed by atoms with Crippen LogP contribution < -0.4 is 0 Å². The van der Waals surface area contributed by atoms with Crippen LogP contribution in [0.3, 0.4) is 0 Å². The van der Waals surface area contributed by atoms with Gasteiger partial charge in [-0.15, -0.1) is 0 Å². The minimum Gasteiger partial charge on any atom is -0.395 e. The molecule has 1 rings (SSSR count). The number of halogens is 2. The molecule has 0 aliphatic heterocycles. The van der Waals surface area contributed by atoms with Crippen LogP contribution in [0.5, 0.6) is 0 Å². The van der Waals surface area contributed by atoms with Crippen LogP contribution in [-0.4, -0.2) is 42.0 Å². The first-order valence-corrected chi connectivity index (χ1v) is 5.74. The van der Waals surface area contributed by atoms with Crippen molar-refractivity contribution in [2.45, 2.75) is 19.4 Å². The van der Waals surface area contributed by atoms with Crippen molar-refractivity contribution in [3.8, 4) is 0 Å². The fourth-order valence-electron chi connectivity index (χ4n) is 1.50. The van der Waals surface area contributed by atoms with E-state index in [1.54, 1.807) is 7.05 Å². The number of nitrogens with zero attached hydrogens (tertiary/aromatic N) is 1. The van der Waals surface area contributed by atoms with Gasteiger partial charge in [-0.05, 0) is 26.1 Å². The summed E-state index contributed by atoms with van der Waals surface area (Å²) in [6.07, 6.45) is 0.156. The van der Waals surface area contributed by atoms with Gasteiger partial charge < -0.3 is 10.0 Å². The molecule has 18 heavy (non-hydrogen) atoms. The average molecular weight is 257 g/mol. The van der Waals surface area contributed by atoms with Crippen LogP contribution in [0.25, 0.3) is 0 Å². The lowest BCUT2D eigenvalue weighted by Gasteiger charge is -2.22. The highest BCUT2D eigenvalue weighted by Gasteiger charge is 2.13. The standard InChI is InChI=1S/C13H17F2NO2/c1-9(8-17)16(2)4-3-13(18)10-5-11(14)7-12(15)6-10/h5-7,9,17H,3-4,8H2,1-2H3. The van der Waals surface area contributed by atoms with Gasteiger partial charge in [-0.2, -0.15) is 0 Å². The second-order valence-electron chi connectivity index (χ2n) is 4.34. The lowest BCUT2D eigenvalue weighted by Crippen LogP contribution is -2.33. The van der Waals surface area contributed by atoms with E-state index in [1.807, 2.05) is 11.8 Å². The highest BCUT2D eigenvalue weighted by molar-refractivity contribution is 5.96. The fourth-order valence-corrected chi connectivity index (χ4v) is 1.50. The summed E-state index contributed by atoms with van der Waals surface area (Å²) in [5.41, 5.74) is 0.0394. The molecule has 0 saturated carbocycles. The van der Waals surface area contributed by atoms with E-state index in [1.165, 1.54) is 0 Å². The van der Waals surface area contributed by atoms with Gasteiger partial charge in [-0.1, -0.05) is 0 Å². The van der Waals surface area contributed by atoms with Crippen LogP contribution >= 0.6 is 0 Å². The first kappa shape index (κ1) is 14.7. The van der Waals surface area contributed by atoms with Crippen molar-refractivity contribution in [3.63, 3.8) is 0 Å². The van der Waals surface area contributed by atoms with E-state index in [2.05, 4.69) is 0 Å². The Bertz CT molecular complexity index is 403. The van der Waals surface area contributed by atoms with E-state index < -0.39 is 11.6 Å². The molecular weight excluding hydrogens is 240 g/mol. The number of hydrogen-bond acceptors (Lipinski definition) is 3. The molecule has 0 heterocycles. The van der Waals surface area contributed by atoms with E-state index in [9.17, 15) is 13.6 Å². The van der Waals surface area contributed by atoms with Gasteiger partial charge in [0.05, 0.1) is 6.61 Å². The minimum absolute atomic E-state index is 0.000711. The van der Waals surface area contributed by atoms with Gasteiger partial charge in [0.15, 0.2) is 5.78 Å². The largest absolute Gasteiger partial charge is 0.395 e. The molecule has 0 aliphatic rings. The number of aliphatic hydroxyl groups excluding tert-OH is 1. The maximum Gasteiger partial charge on any atom is 0.164 e. The van der Waals surface area contributed by atoms with Gasteiger partial charge >= 0.3 is 0 Å². The zero-order valence-electron chi connectivity index (χ0n) is 10.5. The summed E-state index contributed by atoms with van der Waals surface area (Å²) in [6.45, 7) is 2.25. The number of ketones is 1. The molecule has 0 saturated heterocycles. The molecule has 1 unspecified atom stereocenters. The van der Waals surface area contributed by atoms with Crippen molar-refractivity contribution in [2.24, 2.45) is 0 Å². The highest BCUT2D eigenvalue weighted by Crippen LogP contribution is 2.10. The summed E-state index contributed by atoms with van der Waals surface area (Å²) >= 11 is 0. The Hall–Kier alpha value is -1.33. The van der Waals surface area contributed by atoms with Crippen LogP contribution in [0, 0.1) is 11.6 Å². The maximum absolute atomic E-state index is 12.9. The fraction of sp³-hybridized carbons (Fsp3) is 0.462. The first-order valence-electron chi connectivity index (χ1n) is 5.74. The highest BCUT2D eigenvalue weighted by atomic mass is 19.1. The maximum atomic E-state index is 12.9. The summed E-state index contributed by atoms with van der Waals surface area (Å²) in [4.78, 5) is 13.6. The Morgan fingerprint density at radius 1 is 1.33 bits per heavy atom. The van der Waals surface area contributed by atoms with Crippen LogP contribution in [0.15, 0.2) is 18.2 Å². The van der Waals surface area contributed by atoms with Crippen molar-refractivity contribution in [3.05, 3.63) is 35.4 Å². The molecule has 0 spiro atoms. The van der Waals surface area contributed by atoms with E-state index >= 15 is 0 Å². The van der Waals surface area contributed by atoms with Crippen LogP contribution in [-0.2, 0) is 0 Å². The molecule has 0 aliphatic carbocycles. The Morgan fingerprint density at radius 2 is 1.89 bits per heavy atom. The van der Waals surface area contributed by atoms with Crippen LogP contribution in [0.1, 0.15) is 23.7 Å². The minimum atomic E-state index is -0.754. The summed E-state index contributed by atoms with van der Waals surface area (Å²) < 4.78 is 25.9. The number of Topliss-reactive ketones (excluding diaryl/α,β-unsaturated/α-hetero) is 1. The van der Waals surface area contributed by atoms with Gasteiger partial charge in [0, 0.05) is 30.6 Å². The lowest BCUT2D eigenvalue weighted by atomic mass is 10.1. The quantitative estimate of drug-likeness (QED) is 0.791. The number of likely N-dealkylation sites (N-methyl/N-ethyl adjacent to an activating group) is 1. The first-order chi connectivity index (χ1) is 8.43. The molecule has 5 heteroatoms. The average Bonchev–Trinajstić information content (AvgIpc) is 2.33. The molecular formula is C13H17F2NO2. The zero-order chi connectivity index (χ0) is 13.7. The monoisotopic (exact) mass is 257 g/mol. The summed E-state index contributed by atoms with van der Waals surface area (Å²) in [5, 5.41) is 8.93. The number of carbonyl (C=O) groups excluding carboxylic acids is 1. The van der Waals surface area contributed by atoms with Gasteiger partial charge in [-0.25, -0.2) is 8.78 Å². The van der Waals surface area contributed by atoms with Crippen molar-refractivity contribution < 1.29 is 18.7 Å². The number of aliphatic hydroxyl groups is 1. The summed E-state index contributed by atoms with van der Waals surface area (Å²) in [6, 6.07) is 2.74. The van der Waals surface area contributed by atoms with Crippen molar-refractivity contribution >= 4 is 5.78 Å². The second-order valence-corrected chi connectivity index (χ2v) is 4.34. The number of carbonyl (C=O) groups is 1. The third kappa shape index (κ3) is 4.16. The molecule has 3 nitrogen and oxygen atoms in total. The van der Waals surface area contributed by atoms with E-state index in [4.69, 9.17) is 5.11 Å². The third-order valence-corrected chi connectivity index (χ3v) is 2.89. The van der Waals surface area contributed by atoms with E-state index in [-0.39, 0.29) is 30.4 Å². The predicted molar refractivity (Wildman–Crippen MR) is 64.5 cm³/mol. The third-order valence-electron chi connectivity index (χ3n) is 2.89. The molecule has 0 aromatic heterocycles. The van der Waals surface area contributed by atoms with E-state index in [0.717, 1.165) is 18.2 Å². The molecule has 0 amide bonds. The molecule has 0 fully saturated rings. The van der Waals surface area contributed by atoms with Crippen molar-refractivity contribution in [1.82, 2.24) is 4.90 Å². The molecule has 1 N–H and O–H groups in total. The Balaban J connectivity index is 2.60.